The minimum absolute atomic E-state index is 0.0982. The highest BCUT2D eigenvalue weighted by Crippen LogP contribution is 2.23. The first-order chi connectivity index (χ1) is 9.61. The van der Waals surface area contributed by atoms with Crippen molar-refractivity contribution in [2.75, 3.05) is 13.7 Å². The van der Waals surface area contributed by atoms with E-state index in [4.69, 9.17) is 10.5 Å². The van der Waals surface area contributed by atoms with Gasteiger partial charge in [0.05, 0.1) is 12.8 Å². The zero-order valence-corrected chi connectivity index (χ0v) is 11.2. The second-order valence-electron chi connectivity index (χ2n) is 4.38. The third kappa shape index (κ3) is 3.23. The molecule has 0 bridgehead atoms. The maximum Gasteiger partial charge on any atom is 0.247 e. The van der Waals surface area contributed by atoms with Crippen LogP contribution in [0.3, 0.4) is 0 Å². The summed E-state index contributed by atoms with van der Waals surface area (Å²) < 4.78 is 5.27. The number of aromatic nitrogens is 1. The molecule has 0 saturated heterocycles. The van der Waals surface area contributed by atoms with Crippen LogP contribution in [0.5, 0.6) is 5.75 Å². The number of rotatable bonds is 6. The number of hydrogen-bond donors (Lipinski definition) is 3. The average Bonchev–Trinajstić information content (AvgIpc) is 2.46. The summed E-state index contributed by atoms with van der Waals surface area (Å²) in [4.78, 5) is 15.2. The van der Waals surface area contributed by atoms with Crippen molar-refractivity contribution in [3.05, 3.63) is 36.0 Å². The van der Waals surface area contributed by atoms with Crippen molar-refractivity contribution in [1.82, 2.24) is 10.3 Å². The summed E-state index contributed by atoms with van der Waals surface area (Å²) in [5, 5.41) is 13.2. The molecule has 0 spiro atoms. The molecule has 0 aliphatic heterocycles. The van der Waals surface area contributed by atoms with E-state index in [9.17, 15) is 9.90 Å². The summed E-state index contributed by atoms with van der Waals surface area (Å²) in [6, 6.07) is 9.55. The van der Waals surface area contributed by atoms with Crippen molar-refractivity contribution in [2.24, 2.45) is 5.73 Å². The molecular weight excluding hydrogens is 258 g/mol. The lowest BCUT2D eigenvalue weighted by Gasteiger charge is -2.09. The molecule has 0 saturated carbocycles. The van der Waals surface area contributed by atoms with Gasteiger partial charge in [0.25, 0.3) is 0 Å². The molecule has 106 valence electrons. The van der Waals surface area contributed by atoms with Gasteiger partial charge in [0, 0.05) is 18.5 Å². The number of nitrogens with one attached hydrogen (secondary N) is 1. The Morgan fingerprint density at radius 1 is 1.45 bits per heavy atom. The normalized spacial score (nSPS) is 12.3. The van der Waals surface area contributed by atoms with Crippen molar-refractivity contribution in [3.63, 3.8) is 0 Å². The number of fused-ring (bicyclic) bond motifs is 1. The van der Waals surface area contributed by atoms with Crippen LogP contribution in [0.15, 0.2) is 30.3 Å². The van der Waals surface area contributed by atoms with Crippen LogP contribution in [-0.4, -0.2) is 35.8 Å². The van der Waals surface area contributed by atoms with Crippen LogP contribution >= 0.6 is 0 Å². The summed E-state index contributed by atoms with van der Waals surface area (Å²) >= 11 is 0. The highest BCUT2D eigenvalue weighted by Gasteiger charge is 2.10. The number of aliphatic hydroxyl groups excluding tert-OH is 1. The zero-order valence-electron chi connectivity index (χ0n) is 11.2. The number of nitrogens with zero attached hydrogens (tertiary/aromatic N) is 1. The molecule has 1 heterocycles. The van der Waals surface area contributed by atoms with Crippen molar-refractivity contribution >= 4 is 16.8 Å². The van der Waals surface area contributed by atoms with E-state index in [1.807, 2.05) is 30.3 Å². The van der Waals surface area contributed by atoms with E-state index in [1.165, 1.54) is 0 Å². The fourth-order valence-corrected chi connectivity index (χ4v) is 1.86. The van der Waals surface area contributed by atoms with Crippen molar-refractivity contribution in [2.45, 2.75) is 12.6 Å². The molecule has 1 aromatic heterocycles. The summed E-state index contributed by atoms with van der Waals surface area (Å²) in [6.07, 6.45) is -1.19. The number of carbonyl (C=O) groups excluding carboxylic acids is 1. The second kappa shape index (κ2) is 6.31. The lowest BCUT2D eigenvalue weighted by atomic mass is 10.2. The lowest BCUT2D eigenvalue weighted by Crippen LogP contribution is -2.37. The number of pyridine rings is 1. The molecule has 2 aromatic rings. The number of benzene rings is 1. The fraction of sp³-hybridized carbons (Fsp3) is 0.286. The summed E-state index contributed by atoms with van der Waals surface area (Å²) in [7, 11) is 1.60. The van der Waals surface area contributed by atoms with Crippen LogP contribution in [0, 0.1) is 0 Å². The van der Waals surface area contributed by atoms with Crippen LogP contribution < -0.4 is 15.8 Å². The minimum Gasteiger partial charge on any atom is -0.494 e. The first-order valence-electron chi connectivity index (χ1n) is 6.22. The number of hydrogen-bond acceptors (Lipinski definition) is 5. The van der Waals surface area contributed by atoms with Crippen LogP contribution in [0.25, 0.3) is 10.9 Å². The molecular formula is C14H17N3O3. The smallest absolute Gasteiger partial charge is 0.247 e. The van der Waals surface area contributed by atoms with Gasteiger partial charge in [-0.2, -0.15) is 0 Å². The number of ether oxygens (including phenoxy) is 1. The molecule has 6 heteroatoms. The van der Waals surface area contributed by atoms with Gasteiger partial charge in [-0.3, -0.25) is 4.79 Å². The highest BCUT2D eigenvalue weighted by molar-refractivity contribution is 5.84. The summed E-state index contributed by atoms with van der Waals surface area (Å²) in [6.45, 7) is 0.527. The van der Waals surface area contributed by atoms with Crippen molar-refractivity contribution in [1.29, 1.82) is 0 Å². The Labute approximate surface area is 116 Å². The molecule has 0 radical (unpaired) electrons. The van der Waals surface area contributed by atoms with Gasteiger partial charge in [-0.05, 0) is 12.1 Å². The van der Waals surface area contributed by atoms with Gasteiger partial charge in [-0.1, -0.05) is 18.2 Å². The Balaban J connectivity index is 2.09. The maximum atomic E-state index is 10.7. The van der Waals surface area contributed by atoms with Crippen molar-refractivity contribution in [3.8, 4) is 5.75 Å². The SMILES string of the molecule is COc1cccc2ccc(CNCC(O)C(N)=O)nc12. The average molecular weight is 275 g/mol. The summed E-state index contributed by atoms with van der Waals surface area (Å²) in [5.41, 5.74) is 6.54. The third-order valence-corrected chi connectivity index (χ3v) is 2.93. The topological polar surface area (TPSA) is 97.5 Å². The molecule has 1 aromatic carbocycles. The number of carbonyl (C=O) groups is 1. The van der Waals surface area contributed by atoms with Crippen LogP contribution in [0.4, 0.5) is 0 Å². The van der Waals surface area contributed by atoms with E-state index >= 15 is 0 Å². The molecule has 0 aliphatic rings. The van der Waals surface area contributed by atoms with Gasteiger partial charge < -0.3 is 20.9 Å². The van der Waals surface area contributed by atoms with E-state index < -0.39 is 12.0 Å². The Hall–Kier alpha value is -2.18. The second-order valence-corrected chi connectivity index (χ2v) is 4.38. The monoisotopic (exact) mass is 275 g/mol. The molecule has 0 aliphatic carbocycles. The molecule has 0 fully saturated rings. The van der Waals surface area contributed by atoms with Gasteiger partial charge in [0.1, 0.15) is 17.4 Å². The summed E-state index contributed by atoms with van der Waals surface area (Å²) in [5.74, 6) is -0.0350. The Morgan fingerprint density at radius 3 is 2.95 bits per heavy atom. The predicted molar refractivity (Wildman–Crippen MR) is 75.2 cm³/mol. The van der Waals surface area contributed by atoms with Gasteiger partial charge in [-0.15, -0.1) is 0 Å². The van der Waals surface area contributed by atoms with Crippen LogP contribution in [0.2, 0.25) is 0 Å². The fourth-order valence-electron chi connectivity index (χ4n) is 1.86. The maximum absolute atomic E-state index is 10.7. The number of aliphatic hydroxyl groups is 1. The number of para-hydroxylation sites is 1. The first kappa shape index (κ1) is 14.2. The molecule has 2 rings (SSSR count). The van der Waals surface area contributed by atoms with E-state index in [1.54, 1.807) is 7.11 Å². The highest BCUT2D eigenvalue weighted by atomic mass is 16.5. The Bertz CT molecular complexity index is 616. The molecule has 1 amide bonds. The quantitative estimate of drug-likeness (QED) is 0.698. The molecule has 6 nitrogen and oxygen atoms in total. The largest absolute Gasteiger partial charge is 0.494 e. The van der Waals surface area contributed by atoms with Gasteiger partial charge in [-0.25, -0.2) is 4.98 Å². The molecule has 1 unspecified atom stereocenters. The van der Waals surface area contributed by atoms with E-state index in [-0.39, 0.29) is 6.54 Å². The number of nitrogens with two attached hydrogens (primary N) is 1. The van der Waals surface area contributed by atoms with Gasteiger partial charge in [0.2, 0.25) is 5.91 Å². The zero-order chi connectivity index (χ0) is 14.5. The predicted octanol–water partition coefficient (Wildman–Crippen LogP) is 0.179. The Morgan fingerprint density at radius 2 is 2.25 bits per heavy atom. The van der Waals surface area contributed by atoms with E-state index in [0.29, 0.717) is 12.3 Å². The van der Waals surface area contributed by atoms with Crippen LogP contribution in [0.1, 0.15) is 5.69 Å². The number of amides is 1. The third-order valence-electron chi connectivity index (χ3n) is 2.93. The standard InChI is InChI=1S/C14H17N3O3/c1-20-12-4-2-3-9-5-6-10(17-13(9)12)7-16-8-11(18)14(15)19/h2-6,11,16,18H,7-8H2,1H3,(H2,15,19). The molecule has 20 heavy (non-hydrogen) atoms. The van der Waals surface area contributed by atoms with Gasteiger partial charge >= 0.3 is 0 Å². The number of methoxy groups -OCH3 is 1. The number of primary amides is 1. The molecule has 1 atom stereocenters. The first-order valence-corrected chi connectivity index (χ1v) is 6.22. The van der Waals surface area contributed by atoms with Crippen molar-refractivity contribution < 1.29 is 14.6 Å². The van der Waals surface area contributed by atoms with Crippen LogP contribution in [-0.2, 0) is 11.3 Å². The van der Waals surface area contributed by atoms with Gasteiger partial charge in [0.15, 0.2) is 0 Å². The minimum atomic E-state index is -1.19. The Kier molecular flexibility index (Phi) is 4.49. The van der Waals surface area contributed by atoms with E-state index in [0.717, 1.165) is 16.6 Å². The molecule has 4 N–H and O–H groups in total. The van der Waals surface area contributed by atoms with E-state index in [2.05, 4.69) is 10.3 Å². The lowest BCUT2D eigenvalue weighted by molar-refractivity contribution is -0.125.